The quantitative estimate of drug-likeness (QED) is 0.658. The fraction of sp³-hybridized carbons (Fsp3) is 0.375. The van der Waals surface area contributed by atoms with Crippen molar-refractivity contribution in [1.29, 1.82) is 0 Å². The normalized spacial score (nSPS) is 12.9. The summed E-state index contributed by atoms with van der Waals surface area (Å²) in [6, 6.07) is 3.26. The fourth-order valence-corrected chi connectivity index (χ4v) is 0.840. The van der Waals surface area contributed by atoms with Gasteiger partial charge in [0.1, 0.15) is 5.75 Å². The molecule has 11 heavy (non-hydrogen) atoms. The molecule has 1 aromatic heterocycles. The molecule has 3 heteroatoms. The first-order chi connectivity index (χ1) is 5.18. The van der Waals surface area contributed by atoms with Crippen LogP contribution in [0.25, 0.3) is 0 Å². The lowest BCUT2D eigenvalue weighted by atomic mass is 10.2. The number of pyridine rings is 1. The van der Waals surface area contributed by atoms with Gasteiger partial charge in [0.25, 0.3) is 0 Å². The molecule has 0 saturated heterocycles. The summed E-state index contributed by atoms with van der Waals surface area (Å²) in [5.41, 5.74) is 0.790. The van der Waals surface area contributed by atoms with Crippen molar-refractivity contribution >= 4 is 0 Å². The van der Waals surface area contributed by atoms with Gasteiger partial charge in [0.2, 0.25) is 0 Å². The third-order valence-electron chi connectivity index (χ3n) is 1.31. The molecule has 0 aliphatic carbocycles. The van der Waals surface area contributed by atoms with Gasteiger partial charge in [-0.1, -0.05) is 0 Å². The van der Waals surface area contributed by atoms with Crippen LogP contribution in [0, 0.1) is 0 Å². The van der Waals surface area contributed by atoms with E-state index in [4.69, 9.17) is 10.2 Å². The lowest BCUT2D eigenvalue weighted by Crippen LogP contribution is -2.05. The van der Waals surface area contributed by atoms with E-state index in [-0.39, 0.29) is 11.9 Å². The lowest BCUT2D eigenvalue weighted by molar-refractivity contribution is 0.194. The summed E-state index contributed by atoms with van der Waals surface area (Å²) in [7, 11) is 0. The number of rotatable bonds is 2. The van der Waals surface area contributed by atoms with Gasteiger partial charge in [-0.15, -0.1) is 0 Å². The van der Waals surface area contributed by atoms with Crippen LogP contribution in [0.3, 0.4) is 0 Å². The SMILES string of the molecule is CC(O)Cc1ccc(O)cn1. The Morgan fingerprint density at radius 1 is 1.55 bits per heavy atom. The highest BCUT2D eigenvalue weighted by Crippen LogP contribution is 2.07. The van der Waals surface area contributed by atoms with Crippen LogP contribution in [-0.4, -0.2) is 21.3 Å². The summed E-state index contributed by atoms with van der Waals surface area (Å²) < 4.78 is 0. The van der Waals surface area contributed by atoms with Crippen molar-refractivity contribution in [3.05, 3.63) is 24.0 Å². The maximum Gasteiger partial charge on any atom is 0.133 e. The molecule has 0 spiro atoms. The second-order valence-electron chi connectivity index (χ2n) is 2.56. The van der Waals surface area contributed by atoms with Gasteiger partial charge in [-0.25, -0.2) is 0 Å². The second kappa shape index (κ2) is 3.34. The summed E-state index contributed by atoms with van der Waals surface area (Å²) in [5.74, 6) is 0.152. The number of nitrogens with zero attached hydrogens (tertiary/aromatic N) is 1. The zero-order valence-corrected chi connectivity index (χ0v) is 6.36. The number of aliphatic hydroxyl groups is 1. The van der Waals surface area contributed by atoms with Crippen LogP contribution in [0.1, 0.15) is 12.6 Å². The molecule has 1 heterocycles. The number of aromatic nitrogens is 1. The first kappa shape index (κ1) is 8.01. The van der Waals surface area contributed by atoms with E-state index in [0.29, 0.717) is 6.42 Å². The van der Waals surface area contributed by atoms with Crippen molar-refractivity contribution in [2.24, 2.45) is 0 Å². The van der Waals surface area contributed by atoms with Crippen LogP contribution < -0.4 is 0 Å². The van der Waals surface area contributed by atoms with E-state index in [1.54, 1.807) is 19.1 Å². The van der Waals surface area contributed by atoms with Crippen molar-refractivity contribution in [3.63, 3.8) is 0 Å². The molecule has 0 aromatic carbocycles. The average molecular weight is 153 g/mol. The minimum Gasteiger partial charge on any atom is -0.506 e. The van der Waals surface area contributed by atoms with Crippen molar-refractivity contribution in [3.8, 4) is 5.75 Å². The van der Waals surface area contributed by atoms with E-state index in [1.165, 1.54) is 6.20 Å². The average Bonchev–Trinajstić information content (AvgIpc) is 1.93. The van der Waals surface area contributed by atoms with Crippen LogP contribution in [0.5, 0.6) is 5.75 Å². The van der Waals surface area contributed by atoms with Crippen molar-refractivity contribution in [1.82, 2.24) is 4.98 Å². The minimum absolute atomic E-state index is 0.152. The number of aliphatic hydroxyl groups excluding tert-OH is 1. The van der Waals surface area contributed by atoms with Gasteiger partial charge in [0, 0.05) is 12.1 Å². The summed E-state index contributed by atoms with van der Waals surface area (Å²) in [5, 5.41) is 17.8. The highest BCUT2D eigenvalue weighted by atomic mass is 16.3. The van der Waals surface area contributed by atoms with Gasteiger partial charge in [-0.3, -0.25) is 4.98 Å². The van der Waals surface area contributed by atoms with Crippen LogP contribution >= 0.6 is 0 Å². The smallest absolute Gasteiger partial charge is 0.133 e. The van der Waals surface area contributed by atoms with Crippen LogP contribution in [-0.2, 0) is 6.42 Å². The van der Waals surface area contributed by atoms with Crippen molar-refractivity contribution in [2.45, 2.75) is 19.4 Å². The molecule has 0 amide bonds. The third-order valence-corrected chi connectivity index (χ3v) is 1.31. The lowest BCUT2D eigenvalue weighted by Gasteiger charge is -2.02. The molecule has 1 unspecified atom stereocenters. The molecule has 1 aromatic rings. The molecule has 2 N–H and O–H groups in total. The summed E-state index contributed by atoms with van der Waals surface area (Å²) in [4.78, 5) is 3.91. The zero-order valence-electron chi connectivity index (χ0n) is 6.36. The summed E-state index contributed by atoms with van der Waals surface area (Å²) in [6.07, 6.45) is 1.52. The summed E-state index contributed by atoms with van der Waals surface area (Å²) in [6.45, 7) is 1.70. The Bertz CT molecular complexity index is 218. The first-order valence-electron chi connectivity index (χ1n) is 3.50. The number of hydrogen-bond acceptors (Lipinski definition) is 3. The van der Waals surface area contributed by atoms with Gasteiger partial charge in [-0.05, 0) is 19.1 Å². The predicted octanol–water partition coefficient (Wildman–Crippen LogP) is 0.710. The van der Waals surface area contributed by atoms with Crippen molar-refractivity contribution in [2.75, 3.05) is 0 Å². The Labute approximate surface area is 65.3 Å². The van der Waals surface area contributed by atoms with Gasteiger partial charge >= 0.3 is 0 Å². The van der Waals surface area contributed by atoms with Crippen LogP contribution in [0.15, 0.2) is 18.3 Å². The maximum atomic E-state index is 8.97. The number of hydrogen-bond donors (Lipinski definition) is 2. The van der Waals surface area contributed by atoms with Crippen molar-refractivity contribution < 1.29 is 10.2 Å². The topological polar surface area (TPSA) is 53.4 Å². The molecule has 0 aliphatic heterocycles. The molecular formula is C8H11NO2. The van der Waals surface area contributed by atoms with E-state index in [1.807, 2.05) is 0 Å². The number of aromatic hydroxyl groups is 1. The molecule has 3 nitrogen and oxygen atoms in total. The Morgan fingerprint density at radius 3 is 2.73 bits per heavy atom. The highest BCUT2D eigenvalue weighted by Gasteiger charge is 1.99. The first-order valence-corrected chi connectivity index (χ1v) is 3.50. The molecule has 1 rings (SSSR count). The Hall–Kier alpha value is -1.09. The molecule has 0 fully saturated rings. The fourth-order valence-electron chi connectivity index (χ4n) is 0.840. The van der Waals surface area contributed by atoms with Gasteiger partial charge in [0.15, 0.2) is 0 Å². The molecule has 1 atom stereocenters. The Morgan fingerprint density at radius 2 is 2.27 bits per heavy atom. The monoisotopic (exact) mass is 153 g/mol. The Kier molecular flexibility index (Phi) is 2.44. The van der Waals surface area contributed by atoms with E-state index in [2.05, 4.69) is 4.98 Å². The summed E-state index contributed by atoms with van der Waals surface area (Å²) >= 11 is 0. The van der Waals surface area contributed by atoms with Gasteiger partial charge in [0.05, 0.1) is 12.3 Å². The van der Waals surface area contributed by atoms with E-state index in [0.717, 1.165) is 5.69 Å². The molecule has 0 saturated carbocycles. The molecule has 0 radical (unpaired) electrons. The van der Waals surface area contributed by atoms with E-state index in [9.17, 15) is 0 Å². The highest BCUT2D eigenvalue weighted by molar-refractivity contribution is 5.18. The minimum atomic E-state index is -0.382. The van der Waals surface area contributed by atoms with E-state index >= 15 is 0 Å². The molecule has 0 aliphatic rings. The largest absolute Gasteiger partial charge is 0.506 e. The van der Waals surface area contributed by atoms with Gasteiger partial charge < -0.3 is 10.2 Å². The van der Waals surface area contributed by atoms with Crippen LogP contribution in [0.4, 0.5) is 0 Å². The maximum absolute atomic E-state index is 8.97. The standard InChI is InChI=1S/C8H11NO2/c1-6(10)4-7-2-3-8(11)5-9-7/h2-3,5-6,10-11H,4H2,1H3. The molecule has 0 bridgehead atoms. The zero-order chi connectivity index (χ0) is 8.27. The van der Waals surface area contributed by atoms with E-state index < -0.39 is 0 Å². The Balaban J connectivity index is 2.66. The third kappa shape index (κ3) is 2.55. The van der Waals surface area contributed by atoms with Crippen LogP contribution in [0.2, 0.25) is 0 Å². The second-order valence-corrected chi connectivity index (χ2v) is 2.56. The molecular weight excluding hydrogens is 142 g/mol. The predicted molar refractivity (Wildman–Crippen MR) is 41.3 cm³/mol. The molecule has 60 valence electrons. The van der Waals surface area contributed by atoms with Gasteiger partial charge in [-0.2, -0.15) is 0 Å².